The van der Waals surface area contributed by atoms with Gasteiger partial charge in [0.1, 0.15) is 5.69 Å². The molecule has 3 atom stereocenters. The molecule has 2 aliphatic heterocycles. The van der Waals surface area contributed by atoms with Crippen molar-refractivity contribution in [1.29, 1.82) is 0 Å². The van der Waals surface area contributed by atoms with Gasteiger partial charge in [0, 0.05) is 36.9 Å². The number of nitrogens with zero attached hydrogens (tertiary/aromatic N) is 1. The molecule has 2 aromatic carbocycles. The average molecular weight is 451 g/mol. The first-order chi connectivity index (χ1) is 14.5. The van der Waals surface area contributed by atoms with Crippen molar-refractivity contribution in [3.05, 3.63) is 57.2 Å². The molecule has 7 heteroatoms. The summed E-state index contributed by atoms with van der Waals surface area (Å²) in [6.07, 6.45) is 3.13. The minimum absolute atomic E-state index is 0.150. The lowest BCUT2D eigenvalue weighted by Crippen LogP contribution is -2.40. The van der Waals surface area contributed by atoms with Crippen molar-refractivity contribution in [2.45, 2.75) is 25.2 Å². The van der Waals surface area contributed by atoms with Gasteiger partial charge in [0.15, 0.2) is 11.5 Å². The maximum Gasteiger partial charge on any atom is 0.167 e. The Morgan fingerprint density at radius 1 is 1.10 bits per heavy atom. The van der Waals surface area contributed by atoms with E-state index >= 15 is 0 Å². The van der Waals surface area contributed by atoms with Gasteiger partial charge in [0.05, 0.1) is 36.9 Å². The second-order valence-corrected chi connectivity index (χ2v) is 9.13. The van der Waals surface area contributed by atoms with Crippen molar-refractivity contribution in [2.75, 3.05) is 39.9 Å². The Morgan fingerprint density at radius 2 is 1.97 bits per heavy atom. The monoisotopic (exact) mass is 450 g/mol. The van der Waals surface area contributed by atoms with Gasteiger partial charge in [-0.3, -0.25) is 0 Å². The van der Waals surface area contributed by atoms with E-state index in [1.165, 1.54) is 6.42 Å². The lowest BCUT2D eigenvalue weighted by Gasteiger charge is -2.38. The van der Waals surface area contributed by atoms with Crippen LogP contribution in [0.1, 0.15) is 30.7 Å². The van der Waals surface area contributed by atoms with Gasteiger partial charge in [0.2, 0.25) is 0 Å². The summed E-state index contributed by atoms with van der Waals surface area (Å²) in [6, 6.07) is 11.2. The van der Waals surface area contributed by atoms with Gasteiger partial charge >= 0.3 is 0 Å². The van der Waals surface area contributed by atoms with E-state index in [0.717, 1.165) is 31.5 Å². The van der Waals surface area contributed by atoms with Crippen LogP contribution in [0.4, 0.5) is 5.69 Å². The van der Waals surface area contributed by atoms with Crippen LogP contribution in [0.2, 0.25) is 10.0 Å². The van der Waals surface area contributed by atoms with Crippen LogP contribution in [0, 0.1) is 11.1 Å². The molecule has 0 radical (unpaired) electrons. The molecule has 3 unspecified atom stereocenters. The zero-order chi connectivity index (χ0) is 21.1. The summed E-state index contributed by atoms with van der Waals surface area (Å²) in [4.78, 5) is 0. The van der Waals surface area contributed by atoms with Gasteiger partial charge in [0.25, 0.3) is 0 Å². The van der Waals surface area contributed by atoms with Crippen LogP contribution in [0.3, 0.4) is 0 Å². The minimum Gasteiger partial charge on any atom is -0.627 e. The molecule has 0 bridgehead atoms. The van der Waals surface area contributed by atoms with E-state index in [1.54, 1.807) is 13.2 Å². The molecule has 30 heavy (non-hydrogen) atoms. The second-order valence-electron chi connectivity index (χ2n) is 8.31. The molecule has 2 heterocycles. The Labute approximate surface area is 188 Å². The smallest absolute Gasteiger partial charge is 0.167 e. The summed E-state index contributed by atoms with van der Waals surface area (Å²) in [5, 5.41) is 18.1. The topological polar surface area (TPSA) is 53.5 Å². The molecule has 2 aliphatic rings. The van der Waals surface area contributed by atoms with Gasteiger partial charge in [-0.1, -0.05) is 29.3 Å². The Hall–Kier alpha value is -1.50. The summed E-state index contributed by atoms with van der Waals surface area (Å²) >= 11 is 12.2. The summed E-state index contributed by atoms with van der Waals surface area (Å²) in [5.41, 5.74) is 1.77. The summed E-state index contributed by atoms with van der Waals surface area (Å²) in [5.74, 6) is 1.94. The normalized spacial score (nSPS) is 26.5. The van der Waals surface area contributed by atoms with E-state index in [2.05, 4.69) is 5.32 Å². The summed E-state index contributed by atoms with van der Waals surface area (Å²) < 4.78 is 11.2. The largest absolute Gasteiger partial charge is 0.627 e. The molecule has 162 valence electrons. The molecule has 0 spiro atoms. The second kappa shape index (κ2) is 9.33. The van der Waals surface area contributed by atoms with Crippen LogP contribution in [0.25, 0.3) is 0 Å². The predicted octanol–water partition coefficient (Wildman–Crippen LogP) is 5.37. The van der Waals surface area contributed by atoms with E-state index in [9.17, 15) is 5.21 Å². The van der Waals surface area contributed by atoms with E-state index in [0.29, 0.717) is 52.8 Å². The van der Waals surface area contributed by atoms with Gasteiger partial charge in [-0.05, 0) is 43.1 Å². The molecule has 2 fully saturated rings. The molecule has 0 aliphatic carbocycles. The molecule has 0 saturated carbocycles. The minimum atomic E-state index is -0.379. The van der Waals surface area contributed by atoms with Gasteiger partial charge in [-0.25, -0.2) is 0 Å². The van der Waals surface area contributed by atoms with Crippen LogP contribution < -0.4 is 19.4 Å². The molecular weight excluding hydrogens is 423 g/mol. The highest BCUT2D eigenvalue weighted by atomic mass is 35.5. The van der Waals surface area contributed by atoms with Crippen molar-refractivity contribution >= 4 is 28.9 Å². The number of hydrogen-bond donors (Lipinski definition) is 1. The number of benzene rings is 2. The molecular formula is C23H28Cl2N2O3. The number of methoxy groups -OCH3 is 1. The third kappa shape index (κ3) is 4.71. The molecule has 0 amide bonds. The zero-order valence-corrected chi connectivity index (χ0v) is 18.7. The van der Waals surface area contributed by atoms with Crippen molar-refractivity contribution in [1.82, 2.24) is 9.96 Å². The number of halogens is 2. The highest BCUT2D eigenvalue weighted by Gasteiger charge is 2.35. The number of nitrogens with one attached hydrogen (secondary N) is 1. The molecule has 1 N–H and O–H groups in total. The number of ether oxygens (including phenoxy) is 2. The molecule has 2 aromatic rings. The average Bonchev–Trinajstić information content (AvgIpc) is 3.18. The predicted molar refractivity (Wildman–Crippen MR) is 123 cm³/mol. The molecule has 2 saturated heterocycles. The summed E-state index contributed by atoms with van der Waals surface area (Å²) in [6.45, 7) is 3.65. The first kappa shape index (κ1) is 21.7. The SMILES string of the molecule is COc1ccc([N+]2([O-])CCC(c3ccc(Cl)c(Cl)c3)C2)cc1OCC1CCCNC1. The fourth-order valence-corrected chi connectivity index (χ4v) is 4.79. The number of quaternary nitrogens is 1. The van der Waals surface area contributed by atoms with E-state index < -0.39 is 0 Å². The Morgan fingerprint density at radius 3 is 2.70 bits per heavy atom. The zero-order valence-electron chi connectivity index (χ0n) is 17.2. The van der Waals surface area contributed by atoms with Gasteiger partial charge < -0.3 is 24.6 Å². The number of hydroxylamine groups is 2. The quantitative estimate of drug-likeness (QED) is 0.474. The van der Waals surface area contributed by atoms with Crippen LogP contribution in [0.15, 0.2) is 36.4 Å². The van der Waals surface area contributed by atoms with Crippen molar-refractivity contribution in [3.8, 4) is 11.5 Å². The first-order valence-electron chi connectivity index (χ1n) is 10.5. The van der Waals surface area contributed by atoms with Gasteiger partial charge in [-0.2, -0.15) is 0 Å². The van der Waals surface area contributed by atoms with E-state index in [4.69, 9.17) is 32.7 Å². The van der Waals surface area contributed by atoms with Crippen LogP contribution in [-0.4, -0.2) is 39.9 Å². The molecule has 0 aromatic heterocycles. The summed E-state index contributed by atoms with van der Waals surface area (Å²) in [7, 11) is 1.63. The number of rotatable bonds is 6. The fraction of sp³-hybridized carbons (Fsp3) is 0.478. The molecule has 4 rings (SSSR count). The standard InChI is InChI=1S/C23H28Cl2N2O3/c1-29-22-7-5-19(12-23(22)30-15-16-3-2-9-26-13-16)27(28)10-8-18(14-27)17-4-6-20(24)21(25)11-17/h4-7,11-12,16,18,26H,2-3,8-10,13-15H2,1H3. The first-order valence-corrected chi connectivity index (χ1v) is 11.3. The highest BCUT2D eigenvalue weighted by Crippen LogP contribution is 2.41. The lowest BCUT2D eigenvalue weighted by molar-refractivity contribution is 0.211. The van der Waals surface area contributed by atoms with Crippen molar-refractivity contribution < 1.29 is 9.47 Å². The van der Waals surface area contributed by atoms with E-state index in [1.807, 2.05) is 30.3 Å². The maximum absolute atomic E-state index is 13.7. The highest BCUT2D eigenvalue weighted by molar-refractivity contribution is 6.42. The van der Waals surface area contributed by atoms with E-state index in [-0.39, 0.29) is 10.6 Å². The van der Waals surface area contributed by atoms with Crippen LogP contribution >= 0.6 is 23.2 Å². The Kier molecular flexibility index (Phi) is 6.75. The Bertz CT molecular complexity index is 889. The fourth-order valence-electron chi connectivity index (χ4n) is 4.48. The van der Waals surface area contributed by atoms with Crippen molar-refractivity contribution in [2.24, 2.45) is 5.92 Å². The number of piperidine rings is 1. The van der Waals surface area contributed by atoms with Crippen LogP contribution in [0.5, 0.6) is 11.5 Å². The molecule has 5 nitrogen and oxygen atoms in total. The van der Waals surface area contributed by atoms with Crippen molar-refractivity contribution in [3.63, 3.8) is 0 Å². The maximum atomic E-state index is 13.7. The Balaban J connectivity index is 1.50. The van der Waals surface area contributed by atoms with Gasteiger partial charge in [-0.15, -0.1) is 0 Å². The third-order valence-electron chi connectivity index (χ3n) is 6.26. The number of hydrogen-bond acceptors (Lipinski definition) is 4. The van der Waals surface area contributed by atoms with Crippen LogP contribution in [-0.2, 0) is 0 Å². The third-order valence-corrected chi connectivity index (χ3v) is 7.00. The lowest BCUT2D eigenvalue weighted by atomic mass is 9.98.